The average molecular weight is 254 g/mol. The third-order valence-electron chi connectivity index (χ3n) is 2.29. The van der Waals surface area contributed by atoms with Gasteiger partial charge in [0.25, 0.3) is 5.91 Å². The molecule has 0 spiro atoms. The molecular weight excluding hydrogens is 236 g/mol. The molecule has 1 aromatic heterocycles. The molecular formula is C12H18N2O2S. The summed E-state index contributed by atoms with van der Waals surface area (Å²) < 4.78 is 5.24. The van der Waals surface area contributed by atoms with Crippen LogP contribution in [0.25, 0.3) is 0 Å². The first-order valence-corrected chi connectivity index (χ1v) is 6.39. The number of anilines is 1. The van der Waals surface area contributed by atoms with Crippen molar-refractivity contribution in [1.82, 2.24) is 4.98 Å². The maximum absolute atomic E-state index is 11.7. The number of nitrogens with zero attached hydrogens (tertiary/aromatic N) is 1. The van der Waals surface area contributed by atoms with Gasteiger partial charge >= 0.3 is 0 Å². The molecule has 0 saturated carbocycles. The highest BCUT2D eigenvalue weighted by Gasteiger charge is 2.15. The largest absolute Gasteiger partial charge is 0.365 e. The highest BCUT2D eigenvalue weighted by molar-refractivity contribution is 7.15. The molecule has 0 fully saturated rings. The van der Waals surface area contributed by atoms with Crippen LogP contribution in [0.4, 0.5) is 5.13 Å². The zero-order valence-electron chi connectivity index (χ0n) is 10.4. The van der Waals surface area contributed by atoms with Crippen molar-refractivity contribution in [3.8, 4) is 0 Å². The molecule has 94 valence electrons. The second kappa shape index (κ2) is 6.51. The number of amides is 1. The topological polar surface area (TPSA) is 51.2 Å². The van der Waals surface area contributed by atoms with E-state index in [0.29, 0.717) is 11.7 Å². The smallest absolute Gasteiger partial charge is 0.255 e. The molecule has 0 radical (unpaired) electrons. The van der Waals surface area contributed by atoms with Crippen molar-refractivity contribution in [3.05, 3.63) is 23.2 Å². The van der Waals surface area contributed by atoms with Gasteiger partial charge in [-0.05, 0) is 20.3 Å². The molecule has 1 N–H and O–H groups in total. The summed E-state index contributed by atoms with van der Waals surface area (Å²) in [6.45, 7) is 9.66. The van der Waals surface area contributed by atoms with Crippen molar-refractivity contribution in [2.75, 3.05) is 11.9 Å². The minimum absolute atomic E-state index is 0.178. The molecule has 0 aromatic carbocycles. The zero-order valence-corrected chi connectivity index (χ0v) is 11.3. The van der Waals surface area contributed by atoms with Crippen molar-refractivity contribution >= 4 is 22.4 Å². The van der Waals surface area contributed by atoms with E-state index in [-0.39, 0.29) is 5.91 Å². The second-order valence-electron chi connectivity index (χ2n) is 3.63. The van der Waals surface area contributed by atoms with Gasteiger partial charge in [0.05, 0.1) is 12.3 Å². The van der Waals surface area contributed by atoms with Crippen molar-refractivity contribution in [2.24, 2.45) is 0 Å². The molecule has 0 aliphatic heterocycles. The van der Waals surface area contributed by atoms with E-state index in [1.807, 2.05) is 13.8 Å². The molecule has 17 heavy (non-hydrogen) atoms. The van der Waals surface area contributed by atoms with E-state index in [1.54, 1.807) is 13.0 Å². The van der Waals surface area contributed by atoms with E-state index in [9.17, 15) is 4.79 Å². The van der Waals surface area contributed by atoms with Gasteiger partial charge in [0.2, 0.25) is 0 Å². The Bertz CT molecular complexity index is 401. The molecule has 4 nitrogen and oxygen atoms in total. The Balaban J connectivity index is 2.57. The van der Waals surface area contributed by atoms with Crippen LogP contribution < -0.4 is 5.32 Å². The molecule has 0 bridgehead atoms. The van der Waals surface area contributed by atoms with E-state index in [4.69, 9.17) is 4.74 Å². The molecule has 1 atom stereocenters. The minimum atomic E-state index is -0.498. The molecule has 1 aromatic rings. The summed E-state index contributed by atoms with van der Waals surface area (Å²) in [4.78, 5) is 17.2. The van der Waals surface area contributed by atoms with Gasteiger partial charge in [-0.1, -0.05) is 13.0 Å². The van der Waals surface area contributed by atoms with Gasteiger partial charge < -0.3 is 4.74 Å². The minimum Gasteiger partial charge on any atom is -0.365 e. The average Bonchev–Trinajstić information content (AvgIpc) is 2.66. The fraction of sp³-hybridized carbons (Fsp3) is 0.500. The summed E-state index contributed by atoms with van der Waals surface area (Å²) in [5, 5.41) is 3.39. The zero-order chi connectivity index (χ0) is 12.8. The third kappa shape index (κ3) is 3.94. The Morgan fingerprint density at radius 2 is 2.41 bits per heavy atom. The molecule has 1 heterocycles. The van der Waals surface area contributed by atoms with Gasteiger partial charge in [-0.15, -0.1) is 17.9 Å². The van der Waals surface area contributed by atoms with Crippen LogP contribution in [0.2, 0.25) is 0 Å². The fourth-order valence-corrected chi connectivity index (χ4v) is 2.21. The summed E-state index contributed by atoms with van der Waals surface area (Å²) in [7, 11) is 0. The van der Waals surface area contributed by atoms with Gasteiger partial charge in [-0.2, -0.15) is 0 Å². The van der Waals surface area contributed by atoms with Gasteiger partial charge in [-0.3, -0.25) is 10.1 Å². The van der Waals surface area contributed by atoms with E-state index in [1.165, 1.54) is 11.3 Å². The molecule has 1 amide bonds. The molecule has 0 aliphatic carbocycles. The lowest BCUT2D eigenvalue weighted by Crippen LogP contribution is -2.27. The standard InChI is InChI=1S/C12H18N2O2S/c1-5-7-16-8(3)11(15)14-12-13-10(6-2)9(4)17-12/h5,8H,1,6-7H2,2-4H3,(H,13,14,15)/t8-/m1/s1. The van der Waals surface area contributed by atoms with Gasteiger partial charge in [0, 0.05) is 4.88 Å². The van der Waals surface area contributed by atoms with Crippen molar-refractivity contribution < 1.29 is 9.53 Å². The van der Waals surface area contributed by atoms with Gasteiger partial charge in [0.1, 0.15) is 6.10 Å². The Labute approximate surface area is 106 Å². The summed E-state index contributed by atoms with van der Waals surface area (Å²) in [6.07, 6.45) is 2.00. The van der Waals surface area contributed by atoms with Gasteiger partial charge in [0.15, 0.2) is 5.13 Å². The second-order valence-corrected chi connectivity index (χ2v) is 4.83. The fourth-order valence-electron chi connectivity index (χ4n) is 1.30. The normalized spacial score (nSPS) is 12.2. The number of carbonyl (C=O) groups excluding carboxylic acids is 1. The van der Waals surface area contributed by atoms with Crippen LogP contribution in [0.1, 0.15) is 24.4 Å². The maximum atomic E-state index is 11.7. The first-order valence-electron chi connectivity index (χ1n) is 5.58. The molecule has 5 heteroatoms. The van der Waals surface area contributed by atoms with E-state index in [0.717, 1.165) is 17.0 Å². The Morgan fingerprint density at radius 1 is 1.71 bits per heavy atom. The number of ether oxygens (including phenoxy) is 1. The van der Waals surface area contributed by atoms with Crippen LogP contribution >= 0.6 is 11.3 Å². The number of hydrogen-bond acceptors (Lipinski definition) is 4. The number of rotatable bonds is 6. The maximum Gasteiger partial charge on any atom is 0.255 e. The number of carbonyl (C=O) groups is 1. The van der Waals surface area contributed by atoms with Crippen molar-refractivity contribution in [2.45, 2.75) is 33.3 Å². The summed E-state index contributed by atoms with van der Waals surface area (Å²) >= 11 is 1.49. The molecule has 0 saturated heterocycles. The quantitative estimate of drug-likeness (QED) is 0.794. The molecule has 1 rings (SSSR count). The lowest BCUT2D eigenvalue weighted by atomic mass is 10.3. The van der Waals surface area contributed by atoms with Crippen LogP contribution in [0.15, 0.2) is 12.7 Å². The summed E-state index contributed by atoms with van der Waals surface area (Å²) in [5.74, 6) is -0.178. The number of aryl methyl sites for hydroxylation is 2. The Hall–Kier alpha value is -1.20. The van der Waals surface area contributed by atoms with Crippen LogP contribution in [0, 0.1) is 6.92 Å². The van der Waals surface area contributed by atoms with E-state index >= 15 is 0 Å². The van der Waals surface area contributed by atoms with Crippen LogP contribution in [-0.4, -0.2) is 23.6 Å². The summed E-state index contributed by atoms with van der Waals surface area (Å²) in [6, 6.07) is 0. The highest BCUT2D eigenvalue weighted by atomic mass is 32.1. The number of hydrogen-bond donors (Lipinski definition) is 1. The van der Waals surface area contributed by atoms with Crippen molar-refractivity contribution in [3.63, 3.8) is 0 Å². The first-order chi connectivity index (χ1) is 8.08. The monoisotopic (exact) mass is 254 g/mol. The number of aromatic nitrogens is 1. The molecule has 0 aliphatic rings. The third-order valence-corrected chi connectivity index (χ3v) is 3.22. The lowest BCUT2D eigenvalue weighted by Gasteiger charge is -2.10. The van der Waals surface area contributed by atoms with Gasteiger partial charge in [-0.25, -0.2) is 4.98 Å². The Kier molecular flexibility index (Phi) is 5.31. The lowest BCUT2D eigenvalue weighted by molar-refractivity contribution is -0.125. The molecule has 0 unspecified atom stereocenters. The highest BCUT2D eigenvalue weighted by Crippen LogP contribution is 2.22. The first kappa shape index (κ1) is 13.9. The number of nitrogens with one attached hydrogen (secondary N) is 1. The van der Waals surface area contributed by atoms with Crippen molar-refractivity contribution in [1.29, 1.82) is 0 Å². The SMILES string of the molecule is C=CCO[C@H](C)C(=O)Nc1nc(CC)c(C)s1. The Morgan fingerprint density at radius 3 is 2.94 bits per heavy atom. The summed E-state index contributed by atoms with van der Waals surface area (Å²) in [5.41, 5.74) is 1.03. The van der Waals surface area contributed by atoms with E-state index in [2.05, 4.69) is 16.9 Å². The van der Waals surface area contributed by atoms with Crippen LogP contribution in [0.3, 0.4) is 0 Å². The number of thiazole rings is 1. The predicted molar refractivity (Wildman–Crippen MR) is 70.5 cm³/mol. The predicted octanol–water partition coefficient (Wildman–Crippen LogP) is 2.54. The van der Waals surface area contributed by atoms with Crippen LogP contribution in [-0.2, 0) is 16.0 Å². The van der Waals surface area contributed by atoms with Crippen LogP contribution in [0.5, 0.6) is 0 Å². The van der Waals surface area contributed by atoms with E-state index < -0.39 is 6.10 Å².